The maximum absolute atomic E-state index is 5.86. The number of nitrogens with two attached hydrogens (primary N) is 1. The molecule has 6 heavy (non-hydrogen) atoms. The summed E-state index contributed by atoms with van der Waals surface area (Å²) in [5, 5.41) is 5.86. The molecule has 0 aliphatic carbocycles. The zero-order chi connectivity index (χ0) is 5.41. The van der Waals surface area contributed by atoms with Gasteiger partial charge in [0.25, 0.3) is 0 Å². The number of rotatable bonds is 0. The van der Waals surface area contributed by atoms with Gasteiger partial charge in [-0.15, -0.1) is 0 Å². The van der Waals surface area contributed by atoms with Crippen molar-refractivity contribution in [3.05, 3.63) is 0 Å². The summed E-state index contributed by atoms with van der Waals surface area (Å²) in [5.41, 5.74) is 4.39. The second-order valence-corrected chi connectivity index (χ2v) is 16.5. The molecule has 5 heteroatoms. The maximum atomic E-state index is 5.86. The monoisotopic (exact) mass is 425 g/mol. The van der Waals surface area contributed by atoms with E-state index in [4.69, 9.17) is 5.41 Å². The van der Waals surface area contributed by atoms with Gasteiger partial charge in [0, 0.05) is 0 Å². The zero-order valence-corrected chi connectivity index (χ0v) is 9.26. The topological polar surface area (TPSA) is 49.9 Å². The van der Waals surface area contributed by atoms with Crippen LogP contribution >= 0.6 is 37.2 Å². The van der Waals surface area contributed by atoms with Gasteiger partial charge in [-0.2, -0.15) is 0 Å². The molecule has 0 saturated heterocycles. The quantitative estimate of drug-likeness (QED) is 0.273. The second kappa shape index (κ2) is 15.9. The molecule has 0 saturated carbocycles. The Labute approximate surface area is 66.8 Å². The summed E-state index contributed by atoms with van der Waals surface area (Å²) in [6, 6.07) is 0. The predicted octanol–water partition coefficient (Wildman–Crippen LogP) is -1.67. The third-order valence-corrected chi connectivity index (χ3v) is 0. The van der Waals surface area contributed by atoms with Gasteiger partial charge in [-0.05, 0) is 0 Å². The summed E-state index contributed by atoms with van der Waals surface area (Å²) in [7, 11) is 0. The maximum Gasteiger partial charge on any atom is 0.0765 e. The van der Waals surface area contributed by atoms with Crippen LogP contribution in [-0.4, -0.2) is 6.34 Å². The summed E-state index contributed by atoms with van der Waals surface area (Å²) in [6.45, 7) is 0. The minimum absolute atomic E-state index is 0.530. The van der Waals surface area contributed by atoms with Crippen molar-refractivity contribution in [2.45, 2.75) is 0 Å². The fraction of sp³-hybridized carbons (Fsp3) is 0. The molecule has 0 atom stereocenters. The van der Waals surface area contributed by atoms with E-state index in [1.807, 2.05) is 0 Å². The largest absolute Gasteiger partial charge is 0.390 e. The van der Waals surface area contributed by atoms with Gasteiger partial charge < -0.3 is 5.73 Å². The van der Waals surface area contributed by atoms with Crippen LogP contribution in [0, 0.1) is 5.41 Å². The van der Waals surface area contributed by atoms with E-state index in [-0.39, 0.29) is 0 Å². The van der Waals surface area contributed by atoms with Crippen molar-refractivity contribution in [3.8, 4) is 0 Å². The van der Waals surface area contributed by atoms with Crippen molar-refractivity contribution in [1.82, 2.24) is 0 Å². The van der Waals surface area contributed by atoms with Crippen molar-refractivity contribution in [3.63, 3.8) is 0 Å². The Balaban J connectivity index is 0. The van der Waals surface area contributed by atoms with Crippen LogP contribution in [-0.2, 0) is 0 Å². The van der Waals surface area contributed by atoms with E-state index >= 15 is 0 Å². The molecule has 0 amide bonds. The van der Waals surface area contributed by atoms with Crippen molar-refractivity contribution in [2.75, 3.05) is 0 Å². The smallest absolute Gasteiger partial charge is 0.0765 e. The first-order valence-electron chi connectivity index (χ1n) is 0.908. The van der Waals surface area contributed by atoms with E-state index in [0.29, 0.717) is 13.3 Å². The molecule has 3 N–H and O–H groups in total. The molecule has 40 valence electrons. The molecule has 0 aromatic rings. The summed E-state index contributed by atoms with van der Waals surface area (Å²) < 4.78 is 0. The Kier molecular flexibility index (Phi) is 28.2. The molecule has 2 nitrogen and oxygen atoms in total. The van der Waals surface area contributed by atoms with Crippen LogP contribution in [0.4, 0.5) is 0 Å². The van der Waals surface area contributed by atoms with E-state index in [9.17, 15) is 0 Å². The molecule has 0 aromatic carbocycles. The van der Waals surface area contributed by atoms with Crippen LogP contribution in [0.2, 0.25) is 0 Å². The van der Waals surface area contributed by atoms with Crippen LogP contribution in [0.3, 0.4) is 0 Å². The molecule has 0 heterocycles. The predicted molar refractivity (Wildman–Crippen MR) is 41.0 cm³/mol. The van der Waals surface area contributed by atoms with Crippen molar-refractivity contribution < 1.29 is 13.3 Å². The minimum Gasteiger partial charge on any atom is -0.390 e. The summed E-state index contributed by atoms with van der Waals surface area (Å²) in [6.07, 6.45) is 0.750. The Morgan fingerprint density at radius 2 is 1.67 bits per heavy atom. The number of nitrogens with one attached hydrogen (secondary N) is 1. The van der Waals surface area contributed by atoms with Crippen molar-refractivity contribution in [1.29, 1.82) is 5.41 Å². The van der Waals surface area contributed by atoms with Crippen LogP contribution in [0.1, 0.15) is 0 Å². The van der Waals surface area contributed by atoms with Gasteiger partial charge in [0.2, 0.25) is 0 Å². The molecule has 0 rings (SSSR count). The second-order valence-electron chi connectivity index (χ2n) is 0.221. The third-order valence-electron chi connectivity index (χ3n) is 0. The molecule has 0 fully saturated rings. The zero-order valence-electron chi connectivity index (χ0n) is 2.79. The van der Waals surface area contributed by atoms with Gasteiger partial charge in [-0.1, -0.05) is 0 Å². The molecule has 0 aliphatic rings. The van der Waals surface area contributed by atoms with Gasteiger partial charge >= 0.3 is 50.5 Å². The first-order valence-corrected chi connectivity index (χ1v) is 13.5. The standard InChI is InChI=1S/CH4N2.I3/c2-1-3;1-3-2/h1H,(H3,2,3);/q;-1. The van der Waals surface area contributed by atoms with E-state index in [1.54, 1.807) is 0 Å². The first kappa shape index (κ1) is 10.6. The van der Waals surface area contributed by atoms with Crippen LogP contribution in [0.5, 0.6) is 0 Å². The third kappa shape index (κ3) is 44.6. The fourth-order valence-corrected chi connectivity index (χ4v) is 0. The minimum atomic E-state index is 0.530. The van der Waals surface area contributed by atoms with Crippen LogP contribution in [0.15, 0.2) is 0 Å². The van der Waals surface area contributed by atoms with Crippen LogP contribution < -0.4 is 19.0 Å². The molecular formula is CH4I3N2-. The Morgan fingerprint density at radius 1 is 1.67 bits per heavy atom. The van der Waals surface area contributed by atoms with E-state index in [1.165, 1.54) is 0 Å². The number of halogens is 3. The molecular weight excluding hydrogens is 421 g/mol. The molecule has 0 bridgehead atoms. The van der Waals surface area contributed by atoms with Gasteiger partial charge in [-0.3, -0.25) is 5.41 Å². The Bertz CT molecular complexity index is 22.8. The average molecular weight is 425 g/mol. The average Bonchev–Trinajstić information content (AvgIpc) is 1.39. The van der Waals surface area contributed by atoms with Gasteiger partial charge in [0.15, 0.2) is 0 Å². The summed E-state index contributed by atoms with van der Waals surface area (Å²) in [5.74, 6) is 0. The molecule has 0 radical (unpaired) electrons. The molecule has 0 aliphatic heterocycles. The van der Waals surface area contributed by atoms with E-state index < -0.39 is 0 Å². The molecule has 0 aromatic heterocycles. The van der Waals surface area contributed by atoms with Crippen molar-refractivity contribution in [2.24, 2.45) is 5.73 Å². The summed E-state index contributed by atoms with van der Waals surface area (Å²) in [4.78, 5) is 0. The molecule has 0 spiro atoms. The number of hydrogen-bond donors (Lipinski definition) is 2. The SMILES string of the molecule is I[I-]I.N=CN. The van der Waals surface area contributed by atoms with E-state index in [2.05, 4.69) is 43.0 Å². The Hall–Kier alpha value is 1.66. The van der Waals surface area contributed by atoms with E-state index in [0.717, 1.165) is 6.34 Å². The first-order chi connectivity index (χ1) is 2.83. The van der Waals surface area contributed by atoms with Crippen LogP contribution in [0.25, 0.3) is 0 Å². The normalized spacial score (nSPS) is 5.67. The van der Waals surface area contributed by atoms with Gasteiger partial charge in [0.1, 0.15) is 0 Å². The number of hydrogen-bond acceptors (Lipinski definition) is 1. The fourth-order valence-electron chi connectivity index (χ4n) is 0. The van der Waals surface area contributed by atoms with Gasteiger partial charge in [0.05, 0.1) is 6.34 Å². The van der Waals surface area contributed by atoms with Gasteiger partial charge in [-0.25, -0.2) is 0 Å². The van der Waals surface area contributed by atoms with Crippen molar-refractivity contribution >= 4 is 43.6 Å². The molecule has 0 unspecified atom stereocenters. The summed E-state index contributed by atoms with van der Waals surface area (Å²) >= 11 is 5.30. The Morgan fingerprint density at radius 3 is 1.67 bits per heavy atom.